The van der Waals surface area contributed by atoms with Crippen molar-refractivity contribution in [2.24, 2.45) is 0 Å². The third-order valence-corrected chi connectivity index (χ3v) is 7.60. The van der Waals surface area contributed by atoms with Crippen LogP contribution in [0.15, 0.2) is 95.9 Å². The number of aliphatic carboxylic acids is 1. The number of aryl methyl sites for hydroxylation is 3. The minimum atomic E-state index is -0.890. The lowest BCUT2D eigenvalue weighted by molar-refractivity contribution is -0.138. The summed E-state index contributed by atoms with van der Waals surface area (Å²) in [5.74, 6) is -0.890. The molecule has 39 heavy (non-hydrogen) atoms. The molecule has 4 rings (SSSR count). The highest BCUT2D eigenvalue weighted by Gasteiger charge is 2.19. The van der Waals surface area contributed by atoms with Crippen molar-refractivity contribution in [2.75, 3.05) is 5.32 Å². The molecule has 0 aromatic heterocycles. The Bertz CT molecular complexity index is 1420. The lowest BCUT2D eigenvalue weighted by Gasteiger charge is -2.17. The fourth-order valence-electron chi connectivity index (χ4n) is 4.44. The molecule has 0 saturated heterocycles. The molecular formula is C32H33N3O3S. The molecule has 6 nitrogen and oxygen atoms in total. The summed E-state index contributed by atoms with van der Waals surface area (Å²) in [4.78, 5) is 25.4. The first-order valence-electron chi connectivity index (χ1n) is 12.8. The number of hydrogen-bond donors (Lipinski definition) is 4. The quantitative estimate of drug-likeness (QED) is 0.165. The molecule has 1 atom stereocenters. The number of carboxylic acid groups (broad SMARTS) is 1. The largest absolute Gasteiger partial charge is 0.480 e. The van der Waals surface area contributed by atoms with Gasteiger partial charge in [-0.2, -0.15) is 0 Å². The molecule has 0 aliphatic carbocycles. The van der Waals surface area contributed by atoms with E-state index in [-0.39, 0.29) is 6.03 Å². The van der Waals surface area contributed by atoms with Gasteiger partial charge in [-0.25, -0.2) is 9.52 Å². The van der Waals surface area contributed by atoms with Crippen LogP contribution < -0.4 is 15.4 Å². The van der Waals surface area contributed by atoms with Gasteiger partial charge in [0.25, 0.3) is 0 Å². The highest BCUT2D eigenvalue weighted by molar-refractivity contribution is 7.97. The van der Waals surface area contributed by atoms with Crippen molar-refractivity contribution in [3.05, 3.63) is 119 Å². The summed E-state index contributed by atoms with van der Waals surface area (Å²) in [6.45, 7) is 6.59. The Morgan fingerprint density at radius 1 is 0.795 bits per heavy atom. The van der Waals surface area contributed by atoms with E-state index in [1.165, 1.54) is 17.5 Å². The third kappa shape index (κ3) is 7.96. The Morgan fingerprint density at radius 2 is 1.49 bits per heavy atom. The first-order valence-corrected chi connectivity index (χ1v) is 13.6. The molecule has 200 valence electrons. The molecule has 7 heteroatoms. The molecule has 0 fully saturated rings. The van der Waals surface area contributed by atoms with Gasteiger partial charge in [0.2, 0.25) is 0 Å². The van der Waals surface area contributed by atoms with Crippen LogP contribution in [0.3, 0.4) is 0 Å². The van der Waals surface area contributed by atoms with Gasteiger partial charge in [-0.15, -0.1) is 0 Å². The molecule has 0 saturated carbocycles. The number of hydrogen-bond acceptors (Lipinski definition) is 4. The van der Waals surface area contributed by atoms with Crippen LogP contribution in [0.2, 0.25) is 0 Å². The first-order chi connectivity index (χ1) is 18.8. The molecule has 4 aromatic carbocycles. The van der Waals surface area contributed by atoms with E-state index in [2.05, 4.69) is 34.4 Å². The zero-order valence-electron chi connectivity index (χ0n) is 22.3. The van der Waals surface area contributed by atoms with Gasteiger partial charge in [-0.1, -0.05) is 84.4 Å². The summed E-state index contributed by atoms with van der Waals surface area (Å²) in [5.41, 5.74) is 8.02. The second-order valence-corrected chi connectivity index (χ2v) is 10.5. The van der Waals surface area contributed by atoms with Gasteiger partial charge in [-0.3, -0.25) is 4.79 Å². The van der Waals surface area contributed by atoms with Crippen LogP contribution >= 0.6 is 11.9 Å². The lowest BCUT2D eigenvalue weighted by atomic mass is 10.0. The van der Waals surface area contributed by atoms with Crippen LogP contribution in [0.25, 0.3) is 11.1 Å². The van der Waals surface area contributed by atoms with E-state index >= 15 is 0 Å². The van der Waals surface area contributed by atoms with Crippen molar-refractivity contribution in [3.8, 4) is 11.1 Å². The minimum absolute atomic E-state index is 0.271. The summed E-state index contributed by atoms with van der Waals surface area (Å²) in [7, 11) is 0. The molecule has 0 bridgehead atoms. The zero-order valence-corrected chi connectivity index (χ0v) is 23.1. The molecule has 0 radical (unpaired) electrons. The maximum Gasteiger partial charge on any atom is 0.321 e. The van der Waals surface area contributed by atoms with Crippen LogP contribution in [0, 0.1) is 20.8 Å². The van der Waals surface area contributed by atoms with E-state index in [1.54, 1.807) is 0 Å². The topological polar surface area (TPSA) is 90.5 Å². The Labute approximate surface area is 234 Å². The zero-order chi connectivity index (χ0) is 27.8. The molecule has 4 N–H and O–H groups in total. The number of rotatable bonds is 10. The van der Waals surface area contributed by atoms with Crippen molar-refractivity contribution in [3.63, 3.8) is 0 Å². The van der Waals surface area contributed by atoms with Crippen LogP contribution in [0.1, 0.15) is 27.8 Å². The number of carbonyl (C=O) groups excluding carboxylic acids is 1. The second-order valence-electron chi connectivity index (χ2n) is 9.61. The number of benzene rings is 4. The normalized spacial score (nSPS) is 11.6. The standard InChI is InChI=1S/C32H33N3O3S/c1-21-16-22(2)30(23(3)17-21)39-35-29(31(36)37)18-24-12-14-26(15-13-24)27-10-7-11-28(19-27)34-32(38)33-20-25-8-5-4-6-9-25/h4-17,19,29,35H,18,20H2,1-3H3,(H,36,37)(H2,33,34,38). The fraction of sp³-hybridized carbons (Fsp3) is 0.188. The predicted octanol–water partition coefficient (Wildman–Crippen LogP) is 6.89. The smallest absolute Gasteiger partial charge is 0.321 e. The molecule has 1 unspecified atom stereocenters. The Hall–Kier alpha value is -4.07. The van der Waals surface area contributed by atoms with Crippen molar-refractivity contribution in [2.45, 2.75) is 44.7 Å². The van der Waals surface area contributed by atoms with E-state index in [9.17, 15) is 14.7 Å². The molecule has 0 spiro atoms. The Balaban J connectivity index is 1.36. The lowest BCUT2D eigenvalue weighted by Crippen LogP contribution is -2.34. The van der Waals surface area contributed by atoms with Gasteiger partial charge in [-0.05, 0) is 84.7 Å². The highest BCUT2D eigenvalue weighted by atomic mass is 32.2. The van der Waals surface area contributed by atoms with Crippen LogP contribution in [-0.2, 0) is 17.8 Å². The van der Waals surface area contributed by atoms with E-state index in [1.807, 2.05) is 92.7 Å². The van der Waals surface area contributed by atoms with Gasteiger partial charge in [0.15, 0.2) is 0 Å². The summed E-state index contributed by atoms with van der Waals surface area (Å²) in [6.07, 6.45) is 0.357. The number of amides is 2. The molecule has 0 aliphatic rings. The molecule has 4 aromatic rings. The number of carboxylic acids is 1. The maximum atomic E-state index is 12.4. The van der Waals surface area contributed by atoms with Crippen LogP contribution in [0.4, 0.5) is 10.5 Å². The van der Waals surface area contributed by atoms with Crippen molar-refractivity contribution < 1.29 is 14.7 Å². The fourth-order valence-corrected chi connectivity index (χ4v) is 5.32. The molecule has 2 amide bonds. The number of nitrogens with one attached hydrogen (secondary N) is 3. The summed E-state index contributed by atoms with van der Waals surface area (Å²) in [5, 5.41) is 15.6. The average molecular weight is 540 g/mol. The van der Waals surface area contributed by atoms with Crippen molar-refractivity contribution in [1.29, 1.82) is 0 Å². The van der Waals surface area contributed by atoms with Crippen LogP contribution in [-0.4, -0.2) is 23.1 Å². The van der Waals surface area contributed by atoms with Gasteiger partial charge in [0.1, 0.15) is 6.04 Å². The SMILES string of the molecule is Cc1cc(C)c(SNC(Cc2ccc(-c3cccc(NC(=O)NCc4ccccc4)c3)cc2)C(=O)O)c(C)c1. The maximum absolute atomic E-state index is 12.4. The summed E-state index contributed by atoms with van der Waals surface area (Å²) >= 11 is 1.38. The van der Waals surface area contributed by atoms with Crippen molar-refractivity contribution >= 4 is 29.6 Å². The summed E-state index contributed by atoms with van der Waals surface area (Å²) in [6, 6.07) is 28.4. The first kappa shape index (κ1) is 28.0. The van der Waals surface area contributed by atoms with E-state index in [0.29, 0.717) is 18.7 Å². The minimum Gasteiger partial charge on any atom is -0.480 e. The molecular weight excluding hydrogens is 506 g/mol. The van der Waals surface area contributed by atoms with E-state index < -0.39 is 12.0 Å². The van der Waals surface area contributed by atoms with E-state index in [0.717, 1.165) is 38.3 Å². The molecule has 0 heterocycles. The highest BCUT2D eigenvalue weighted by Crippen LogP contribution is 2.27. The number of carbonyl (C=O) groups is 2. The van der Waals surface area contributed by atoms with Gasteiger partial charge < -0.3 is 15.7 Å². The van der Waals surface area contributed by atoms with Gasteiger partial charge >= 0.3 is 12.0 Å². The summed E-state index contributed by atoms with van der Waals surface area (Å²) < 4.78 is 3.15. The Morgan fingerprint density at radius 3 is 2.15 bits per heavy atom. The molecule has 0 aliphatic heterocycles. The van der Waals surface area contributed by atoms with Gasteiger partial charge in [0, 0.05) is 17.1 Å². The second kappa shape index (κ2) is 13.1. The van der Waals surface area contributed by atoms with Gasteiger partial charge in [0.05, 0.1) is 0 Å². The average Bonchev–Trinajstić information content (AvgIpc) is 2.91. The number of anilines is 1. The predicted molar refractivity (Wildman–Crippen MR) is 159 cm³/mol. The monoisotopic (exact) mass is 539 g/mol. The van der Waals surface area contributed by atoms with E-state index in [4.69, 9.17) is 0 Å². The van der Waals surface area contributed by atoms with Crippen molar-refractivity contribution in [1.82, 2.24) is 10.0 Å². The van der Waals surface area contributed by atoms with Crippen LogP contribution in [0.5, 0.6) is 0 Å². The Kier molecular flexibility index (Phi) is 9.41. The third-order valence-electron chi connectivity index (χ3n) is 6.35. The number of urea groups is 1.